The molecule has 1 atom stereocenters. The third kappa shape index (κ3) is 2.60. The number of pyridine rings is 1. The first-order valence-corrected chi connectivity index (χ1v) is 5.89. The van der Waals surface area contributed by atoms with Crippen molar-refractivity contribution in [3.05, 3.63) is 63.4 Å². The first kappa shape index (κ1) is 12.4. The molecular weight excluding hydrogens is 257 g/mol. The molecule has 17 heavy (non-hydrogen) atoms. The lowest BCUT2D eigenvalue weighted by Gasteiger charge is -2.14. The lowest BCUT2D eigenvalue weighted by Crippen LogP contribution is -2.04. The van der Waals surface area contributed by atoms with Crippen molar-refractivity contribution in [1.29, 1.82) is 0 Å². The van der Waals surface area contributed by atoms with Crippen molar-refractivity contribution in [3.8, 4) is 0 Å². The number of benzene rings is 1. The van der Waals surface area contributed by atoms with Gasteiger partial charge in [0.05, 0.1) is 15.7 Å². The zero-order valence-corrected chi connectivity index (χ0v) is 10.7. The van der Waals surface area contributed by atoms with Gasteiger partial charge in [-0.2, -0.15) is 0 Å². The zero-order valence-electron chi connectivity index (χ0n) is 9.19. The summed E-state index contributed by atoms with van der Waals surface area (Å²) in [6, 6.07) is 9.15. The van der Waals surface area contributed by atoms with Crippen molar-refractivity contribution in [3.63, 3.8) is 0 Å². The van der Waals surface area contributed by atoms with Crippen LogP contribution in [-0.2, 0) is 0 Å². The number of nitrogens with zero attached hydrogens (tertiary/aromatic N) is 1. The van der Waals surface area contributed by atoms with Crippen molar-refractivity contribution in [2.75, 3.05) is 0 Å². The number of aromatic nitrogens is 1. The fourth-order valence-corrected chi connectivity index (χ4v) is 2.15. The van der Waals surface area contributed by atoms with Crippen LogP contribution in [0, 0.1) is 6.92 Å². The third-order valence-electron chi connectivity index (χ3n) is 2.58. The highest BCUT2D eigenvalue weighted by Crippen LogP contribution is 2.29. The predicted molar refractivity (Wildman–Crippen MR) is 69.5 cm³/mol. The first-order chi connectivity index (χ1) is 8.09. The Hall–Kier alpha value is -1.09. The second-order valence-corrected chi connectivity index (χ2v) is 4.62. The van der Waals surface area contributed by atoms with Crippen molar-refractivity contribution >= 4 is 23.2 Å². The minimum absolute atomic E-state index is 0.369. The van der Waals surface area contributed by atoms with E-state index < -0.39 is 6.10 Å². The van der Waals surface area contributed by atoms with Gasteiger partial charge in [-0.25, -0.2) is 0 Å². The lowest BCUT2D eigenvalue weighted by atomic mass is 10.0. The summed E-state index contributed by atoms with van der Waals surface area (Å²) >= 11 is 11.8. The summed E-state index contributed by atoms with van der Waals surface area (Å²) in [6.45, 7) is 1.93. The lowest BCUT2D eigenvalue weighted by molar-refractivity contribution is 0.214. The smallest absolute Gasteiger partial charge is 0.123 e. The van der Waals surface area contributed by atoms with E-state index in [0.717, 1.165) is 11.1 Å². The topological polar surface area (TPSA) is 33.1 Å². The molecule has 4 heteroatoms. The van der Waals surface area contributed by atoms with Gasteiger partial charge in [0.15, 0.2) is 0 Å². The minimum Gasteiger partial charge on any atom is -0.382 e. The molecule has 0 fully saturated rings. The van der Waals surface area contributed by atoms with Crippen LogP contribution in [0.15, 0.2) is 36.5 Å². The van der Waals surface area contributed by atoms with Gasteiger partial charge in [-0.15, -0.1) is 0 Å². The van der Waals surface area contributed by atoms with E-state index >= 15 is 0 Å². The van der Waals surface area contributed by atoms with Crippen LogP contribution in [0.4, 0.5) is 0 Å². The second-order valence-electron chi connectivity index (χ2n) is 3.78. The maximum absolute atomic E-state index is 10.3. The number of hydrogen-bond donors (Lipinski definition) is 1. The molecule has 2 nitrogen and oxygen atoms in total. The van der Waals surface area contributed by atoms with E-state index in [1.54, 1.807) is 6.07 Å². The van der Waals surface area contributed by atoms with Gasteiger partial charge in [0.2, 0.25) is 0 Å². The third-order valence-corrected chi connectivity index (χ3v) is 3.09. The maximum Gasteiger partial charge on any atom is 0.123 e. The largest absolute Gasteiger partial charge is 0.382 e. The highest BCUT2D eigenvalue weighted by atomic mass is 35.5. The molecule has 1 aromatic heterocycles. The quantitative estimate of drug-likeness (QED) is 0.899. The summed E-state index contributed by atoms with van der Waals surface area (Å²) in [4.78, 5) is 4.08. The normalized spacial score (nSPS) is 12.5. The average molecular weight is 268 g/mol. The van der Waals surface area contributed by atoms with Gasteiger partial charge >= 0.3 is 0 Å². The van der Waals surface area contributed by atoms with Crippen LogP contribution in [-0.4, -0.2) is 10.1 Å². The molecule has 0 aliphatic rings. The second kappa shape index (κ2) is 5.05. The van der Waals surface area contributed by atoms with Crippen LogP contribution in [0.1, 0.15) is 22.9 Å². The summed E-state index contributed by atoms with van der Waals surface area (Å²) < 4.78 is 0. The summed E-state index contributed by atoms with van der Waals surface area (Å²) in [6.07, 6.45) is 0.644. The number of halogens is 2. The molecule has 1 heterocycles. The van der Waals surface area contributed by atoms with E-state index in [0.29, 0.717) is 15.7 Å². The Labute approximate surface area is 110 Å². The summed E-state index contributed by atoms with van der Waals surface area (Å²) in [5, 5.41) is 11.1. The monoisotopic (exact) mass is 267 g/mol. The van der Waals surface area contributed by atoms with Gasteiger partial charge < -0.3 is 5.11 Å². The van der Waals surface area contributed by atoms with E-state index in [1.165, 1.54) is 6.20 Å². The van der Waals surface area contributed by atoms with Crippen LogP contribution in [0.3, 0.4) is 0 Å². The molecule has 2 aromatic rings. The molecule has 0 saturated carbocycles. The highest BCUT2D eigenvalue weighted by Gasteiger charge is 2.17. The van der Waals surface area contributed by atoms with Gasteiger partial charge in [0.1, 0.15) is 6.10 Å². The Morgan fingerprint density at radius 3 is 2.59 bits per heavy atom. The van der Waals surface area contributed by atoms with Crippen LogP contribution >= 0.6 is 23.2 Å². The standard InChI is InChI=1S/C13H11Cl2NO/c1-8-4-2-3-5-10(8)13(17)12-11(15)6-9(14)7-16-12/h2-7,13,17H,1H3. The number of hydrogen-bond acceptors (Lipinski definition) is 2. The van der Waals surface area contributed by atoms with E-state index in [-0.39, 0.29) is 0 Å². The zero-order chi connectivity index (χ0) is 12.4. The van der Waals surface area contributed by atoms with Crippen molar-refractivity contribution in [2.24, 2.45) is 0 Å². The Bertz CT molecular complexity index is 543. The minimum atomic E-state index is -0.832. The predicted octanol–water partition coefficient (Wildman–Crippen LogP) is 3.78. The number of aryl methyl sites for hydroxylation is 1. The van der Waals surface area contributed by atoms with Crippen molar-refractivity contribution < 1.29 is 5.11 Å². The van der Waals surface area contributed by atoms with Crippen molar-refractivity contribution in [2.45, 2.75) is 13.0 Å². The highest BCUT2D eigenvalue weighted by molar-refractivity contribution is 6.34. The molecule has 1 N–H and O–H groups in total. The number of aliphatic hydroxyl groups is 1. The molecule has 2 rings (SSSR count). The summed E-state index contributed by atoms with van der Waals surface area (Å²) in [7, 11) is 0. The van der Waals surface area contributed by atoms with E-state index in [9.17, 15) is 5.11 Å². The molecule has 0 amide bonds. The molecule has 88 valence electrons. The van der Waals surface area contributed by atoms with E-state index in [1.807, 2.05) is 31.2 Å². The molecule has 0 bridgehead atoms. The van der Waals surface area contributed by atoms with Gasteiger partial charge in [-0.05, 0) is 24.1 Å². The van der Waals surface area contributed by atoms with Gasteiger partial charge in [-0.1, -0.05) is 47.5 Å². The van der Waals surface area contributed by atoms with Gasteiger partial charge in [-0.3, -0.25) is 4.98 Å². The first-order valence-electron chi connectivity index (χ1n) is 5.14. The SMILES string of the molecule is Cc1ccccc1C(O)c1ncc(Cl)cc1Cl. The maximum atomic E-state index is 10.3. The Balaban J connectivity index is 2.44. The Morgan fingerprint density at radius 1 is 1.24 bits per heavy atom. The molecule has 0 radical (unpaired) electrons. The summed E-state index contributed by atoms with van der Waals surface area (Å²) in [5.74, 6) is 0. The van der Waals surface area contributed by atoms with Crippen LogP contribution in [0.25, 0.3) is 0 Å². The average Bonchev–Trinajstić information content (AvgIpc) is 2.29. The van der Waals surface area contributed by atoms with Crippen LogP contribution < -0.4 is 0 Å². The Morgan fingerprint density at radius 2 is 1.94 bits per heavy atom. The van der Waals surface area contributed by atoms with Crippen molar-refractivity contribution in [1.82, 2.24) is 4.98 Å². The van der Waals surface area contributed by atoms with Gasteiger partial charge in [0, 0.05) is 6.20 Å². The molecule has 0 aliphatic heterocycles. The number of aliphatic hydroxyl groups excluding tert-OH is 1. The van der Waals surface area contributed by atoms with Crippen LogP contribution in [0.2, 0.25) is 10.0 Å². The fraction of sp³-hybridized carbons (Fsp3) is 0.154. The van der Waals surface area contributed by atoms with Crippen LogP contribution in [0.5, 0.6) is 0 Å². The summed E-state index contributed by atoms with van der Waals surface area (Å²) in [5.41, 5.74) is 2.21. The molecule has 1 unspecified atom stereocenters. The molecule has 0 spiro atoms. The molecule has 0 saturated heterocycles. The van der Waals surface area contributed by atoms with E-state index in [4.69, 9.17) is 23.2 Å². The fourth-order valence-electron chi connectivity index (χ4n) is 1.67. The van der Waals surface area contributed by atoms with Gasteiger partial charge in [0.25, 0.3) is 0 Å². The molecule has 0 aliphatic carbocycles. The number of rotatable bonds is 2. The molecular formula is C13H11Cl2NO. The molecule has 1 aromatic carbocycles. The Kier molecular flexibility index (Phi) is 3.67. The van der Waals surface area contributed by atoms with E-state index in [2.05, 4.69) is 4.98 Å².